The van der Waals surface area contributed by atoms with Crippen molar-refractivity contribution in [1.29, 1.82) is 0 Å². The van der Waals surface area contributed by atoms with Crippen LogP contribution in [0.1, 0.15) is 89.9 Å². The van der Waals surface area contributed by atoms with Crippen LogP contribution in [0.15, 0.2) is 11.8 Å². The van der Waals surface area contributed by atoms with Crippen molar-refractivity contribution in [3.63, 3.8) is 0 Å². The minimum atomic E-state index is -1.70. The predicted octanol–water partition coefficient (Wildman–Crippen LogP) is 2.00. The molecule has 9 atom stereocenters. The van der Waals surface area contributed by atoms with Crippen LogP contribution in [0.5, 0.6) is 0 Å². The van der Waals surface area contributed by atoms with Crippen LogP contribution < -0.4 is 10.6 Å². The van der Waals surface area contributed by atoms with E-state index in [-0.39, 0.29) is 48.9 Å². The number of aliphatic hydroxyl groups excluding tert-OH is 1. The summed E-state index contributed by atoms with van der Waals surface area (Å²) in [7, 11) is 2.90. The van der Waals surface area contributed by atoms with Crippen LogP contribution in [0.3, 0.4) is 0 Å². The standard InChI is InChI=1S/C35H49ClN4O8/c1-39(18-20-7-3-5-9-24(20)36)31(45)26(13-21-17-37-25-10-6-4-8-23(21)25)38-30(44)27-14-22(41)19-40(27)32(46)34-11-12-35(16-28(34)42,29(43)15-34)33(47)48-2/h17,20,22-27,37,41H,3-16,18-19H2,1-2H3,(H,38,44)/t20?,22-,23?,24?,25?,26?,27?,34?,35?/m1/s1. The van der Waals surface area contributed by atoms with E-state index in [1.54, 1.807) is 11.9 Å². The maximum absolute atomic E-state index is 14.2. The van der Waals surface area contributed by atoms with Gasteiger partial charge >= 0.3 is 5.97 Å². The van der Waals surface area contributed by atoms with Crippen LogP contribution in [0.25, 0.3) is 0 Å². The van der Waals surface area contributed by atoms with Crippen molar-refractivity contribution in [2.45, 2.75) is 119 Å². The Morgan fingerprint density at radius 2 is 1.73 bits per heavy atom. The van der Waals surface area contributed by atoms with Crippen LogP contribution in [0.4, 0.5) is 0 Å². The quantitative estimate of drug-likeness (QED) is 0.187. The third-order valence-corrected chi connectivity index (χ3v) is 12.9. The third kappa shape index (κ3) is 6.16. The summed E-state index contributed by atoms with van der Waals surface area (Å²) in [5.74, 6) is -2.89. The number of ketones is 2. The number of amides is 3. The van der Waals surface area contributed by atoms with Crippen LogP contribution >= 0.6 is 11.6 Å². The molecule has 1 saturated heterocycles. The summed E-state index contributed by atoms with van der Waals surface area (Å²) < 4.78 is 4.84. The Balaban J connectivity index is 1.20. The van der Waals surface area contributed by atoms with Gasteiger partial charge in [0.05, 0.1) is 13.2 Å². The molecule has 2 heterocycles. The molecule has 48 heavy (non-hydrogen) atoms. The molecule has 5 saturated carbocycles. The number of esters is 1. The second-order valence-corrected chi connectivity index (χ2v) is 15.7. The topological polar surface area (TPSA) is 162 Å². The van der Waals surface area contributed by atoms with E-state index in [9.17, 15) is 33.9 Å². The first-order valence-corrected chi connectivity index (χ1v) is 18.1. The molecular formula is C35H49ClN4O8. The summed E-state index contributed by atoms with van der Waals surface area (Å²) in [5, 5.41) is 17.1. The number of ether oxygens (including phenoxy) is 1. The van der Waals surface area contributed by atoms with Gasteiger partial charge in [-0.1, -0.05) is 25.7 Å². The van der Waals surface area contributed by atoms with Crippen LogP contribution in [0.2, 0.25) is 0 Å². The normalized spacial score (nSPS) is 36.5. The van der Waals surface area contributed by atoms with E-state index >= 15 is 0 Å². The van der Waals surface area contributed by atoms with Gasteiger partial charge in [-0.2, -0.15) is 0 Å². The van der Waals surface area contributed by atoms with Crippen molar-refractivity contribution in [3.05, 3.63) is 11.8 Å². The van der Waals surface area contributed by atoms with Gasteiger partial charge in [0.2, 0.25) is 17.7 Å². The number of hydrogen-bond donors (Lipinski definition) is 3. The maximum Gasteiger partial charge on any atom is 0.319 e. The SMILES string of the molecule is COC(=O)C12CCC(C(=O)N3C[C@H](O)CC3C(=O)NC(CC3=CNC4CCCCC34)C(=O)N(C)CC3CCCCC3Cl)(CC1=O)C(=O)C2. The molecule has 13 heteroatoms. The van der Waals surface area contributed by atoms with E-state index in [1.807, 2.05) is 6.20 Å². The van der Waals surface area contributed by atoms with Gasteiger partial charge in [0.25, 0.3) is 0 Å². The predicted molar refractivity (Wildman–Crippen MR) is 174 cm³/mol. The number of carbonyl (C=O) groups is 6. The van der Waals surface area contributed by atoms with E-state index in [2.05, 4.69) is 10.6 Å². The van der Waals surface area contributed by atoms with E-state index in [1.165, 1.54) is 12.0 Å². The first-order chi connectivity index (χ1) is 22.9. The number of halogens is 1. The van der Waals surface area contributed by atoms with Crippen molar-refractivity contribution in [2.24, 2.45) is 22.7 Å². The lowest BCUT2D eigenvalue weighted by molar-refractivity contribution is -0.179. The van der Waals surface area contributed by atoms with Crippen molar-refractivity contribution in [3.8, 4) is 0 Å². The number of hydrogen-bond acceptors (Lipinski definition) is 9. The van der Waals surface area contributed by atoms with Crippen LogP contribution in [-0.2, 0) is 33.5 Å². The monoisotopic (exact) mass is 688 g/mol. The van der Waals surface area contributed by atoms with Crippen molar-refractivity contribution in [1.82, 2.24) is 20.4 Å². The zero-order chi connectivity index (χ0) is 34.4. The lowest BCUT2D eigenvalue weighted by atomic mass is 9.52. The van der Waals surface area contributed by atoms with Gasteiger partial charge in [-0.05, 0) is 62.6 Å². The summed E-state index contributed by atoms with van der Waals surface area (Å²) in [6.45, 7) is 0.291. The molecule has 0 aromatic heterocycles. The van der Waals surface area contributed by atoms with Gasteiger partial charge in [-0.3, -0.25) is 28.8 Å². The summed E-state index contributed by atoms with van der Waals surface area (Å²) in [6, 6.07) is -1.73. The summed E-state index contributed by atoms with van der Waals surface area (Å²) in [5.41, 5.74) is -2.18. The molecule has 7 rings (SSSR count). The van der Waals surface area contributed by atoms with Gasteiger partial charge in [-0.25, -0.2) is 0 Å². The molecule has 6 fully saturated rings. The molecule has 2 bridgehead atoms. The second kappa shape index (κ2) is 13.7. The molecule has 0 aromatic rings. The molecule has 3 amide bonds. The lowest BCUT2D eigenvalue weighted by Gasteiger charge is -2.49. The molecule has 0 aromatic carbocycles. The number of methoxy groups -OCH3 is 1. The Morgan fingerprint density at radius 3 is 2.44 bits per heavy atom. The molecule has 7 aliphatic rings. The first kappa shape index (κ1) is 34.9. The Hall–Kier alpha value is -2.99. The molecule has 2 aliphatic heterocycles. The zero-order valence-corrected chi connectivity index (χ0v) is 28.8. The number of aliphatic hydroxyl groups is 1. The zero-order valence-electron chi connectivity index (χ0n) is 28.0. The number of fused-ring (bicyclic) bond motifs is 4. The smallest absolute Gasteiger partial charge is 0.319 e. The van der Waals surface area contributed by atoms with E-state index in [0.717, 1.165) is 56.9 Å². The van der Waals surface area contributed by atoms with Crippen LogP contribution in [0, 0.1) is 22.7 Å². The average Bonchev–Trinajstić information content (AvgIpc) is 3.68. The molecule has 12 nitrogen and oxygen atoms in total. The average molecular weight is 689 g/mol. The Labute approximate surface area is 286 Å². The van der Waals surface area contributed by atoms with Gasteiger partial charge in [0, 0.05) is 56.7 Å². The minimum absolute atomic E-state index is 0.00160. The Bertz CT molecular complexity index is 1390. The fraction of sp³-hybridized carbons (Fsp3) is 0.771. The molecule has 3 N–H and O–H groups in total. The lowest BCUT2D eigenvalue weighted by Crippen LogP contribution is -2.64. The fourth-order valence-corrected chi connectivity index (χ4v) is 9.76. The molecule has 5 aliphatic carbocycles. The number of nitrogens with one attached hydrogen (secondary N) is 2. The van der Waals surface area contributed by atoms with Gasteiger partial charge in [0.1, 0.15) is 28.7 Å². The Kier molecular flexibility index (Phi) is 9.97. The largest absolute Gasteiger partial charge is 0.468 e. The molecule has 8 unspecified atom stereocenters. The fourth-order valence-electron chi connectivity index (χ4n) is 9.40. The van der Waals surface area contributed by atoms with Crippen molar-refractivity contribution in [2.75, 3.05) is 27.2 Å². The number of alkyl halides is 1. The van der Waals surface area contributed by atoms with Crippen LogP contribution in [-0.4, -0.2) is 107 Å². The van der Waals surface area contributed by atoms with Gasteiger partial charge in [0.15, 0.2) is 5.78 Å². The van der Waals surface area contributed by atoms with Gasteiger partial charge < -0.3 is 30.3 Å². The minimum Gasteiger partial charge on any atom is -0.468 e. The van der Waals surface area contributed by atoms with Crippen molar-refractivity contribution >= 4 is 46.9 Å². The van der Waals surface area contributed by atoms with Crippen molar-refractivity contribution < 1.29 is 38.6 Å². The summed E-state index contributed by atoms with van der Waals surface area (Å²) in [6.07, 6.45) is 8.59. The summed E-state index contributed by atoms with van der Waals surface area (Å²) in [4.78, 5) is 84.5. The summed E-state index contributed by atoms with van der Waals surface area (Å²) >= 11 is 6.64. The highest BCUT2D eigenvalue weighted by molar-refractivity contribution is 6.21. The number of likely N-dealkylation sites (tertiary alicyclic amines) is 1. The van der Waals surface area contributed by atoms with Gasteiger partial charge in [-0.15, -0.1) is 11.6 Å². The molecule has 0 spiro atoms. The second-order valence-electron chi connectivity index (χ2n) is 15.1. The highest BCUT2D eigenvalue weighted by Crippen LogP contribution is 2.54. The maximum atomic E-state index is 14.2. The highest BCUT2D eigenvalue weighted by Gasteiger charge is 2.67. The first-order valence-electron chi connectivity index (χ1n) is 17.7. The number of likely N-dealkylation sites (N-methyl/N-ethyl adjacent to an activating group) is 1. The van der Waals surface area contributed by atoms with E-state index in [0.29, 0.717) is 19.0 Å². The number of carbonyl (C=O) groups excluding carboxylic acids is 6. The molecule has 0 radical (unpaired) electrons. The molecule has 264 valence electrons. The third-order valence-electron chi connectivity index (χ3n) is 12.3. The molecular weight excluding hydrogens is 640 g/mol. The Morgan fingerprint density at radius 1 is 1.06 bits per heavy atom. The van der Waals surface area contributed by atoms with E-state index < -0.39 is 71.2 Å². The number of β-amino-alcohol motifs (C(OH)–C–C–N with tert-alkyl or cyclic N) is 1. The van der Waals surface area contributed by atoms with E-state index in [4.69, 9.17) is 16.3 Å². The number of nitrogens with zero attached hydrogens (tertiary/aromatic N) is 2. The highest BCUT2D eigenvalue weighted by atomic mass is 35.5. The number of Topliss-reactive ketones (excluding diaryl/α,β-unsaturated/α-hetero) is 2. The number of rotatable bonds is 9.